The van der Waals surface area contributed by atoms with E-state index in [1.54, 1.807) is 24.3 Å². The highest BCUT2D eigenvalue weighted by Gasteiger charge is 2.19. The number of hydrogen-bond acceptors (Lipinski definition) is 5. The second kappa shape index (κ2) is 5.43. The van der Waals surface area contributed by atoms with Gasteiger partial charge in [-0.05, 0) is 18.2 Å². The van der Waals surface area contributed by atoms with Gasteiger partial charge in [0.2, 0.25) is 0 Å². The number of hydrogen-bond donors (Lipinski definition) is 3. The van der Waals surface area contributed by atoms with Crippen molar-refractivity contribution in [1.29, 1.82) is 0 Å². The minimum absolute atomic E-state index is 0.0579. The molecule has 0 fully saturated rings. The molecular formula is C11H11ClN4O2S. The highest BCUT2D eigenvalue weighted by atomic mass is 35.5. The first-order valence-electron chi connectivity index (χ1n) is 5.22. The fourth-order valence-electron chi connectivity index (χ4n) is 1.46. The highest BCUT2D eigenvalue weighted by Crippen LogP contribution is 2.26. The molecule has 1 aromatic carbocycles. The lowest BCUT2D eigenvalue weighted by Gasteiger charge is -2.12. The van der Waals surface area contributed by atoms with Crippen molar-refractivity contribution in [2.75, 3.05) is 10.1 Å². The predicted octanol–water partition coefficient (Wildman–Crippen LogP) is 1.82. The van der Waals surface area contributed by atoms with Crippen LogP contribution in [0.4, 0.5) is 11.4 Å². The van der Waals surface area contributed by atoms with Gasteiger partial charge in [0, 0.05) is 12.4 Å². The summed E-state index contributed by atoms with van der Waals surface area (Å²) in [5, 5.41) is 0.303. The van der Waals surface area contributed by atoms with Crippen LogP contribution >= 0.6 is 11.6 Å². The molecule has 1 heterocycles. The second-order valence-electron chi connectivity index (χ2n) is 3.60. The van der Waals surface area contributed by atoms with E-state index in [2.05, 4.69) is 15.1 Å². The molecule has 0 radical (unpaired) electrons. The van der Waals surface area contributed by atoms with Gasteiger partial charge in [-0.1, -0.05) is 23.7 Å². The van der Waals surface area contributed by atoms with E-state index in [9.17, 15) is 8.42 Å². The Morgan fingerprint density at radius 1 is 1.16 bits per heavy atom. The summed E-state index contributed by atoms with van der Waals surface area (Å²) in [4.78, 5) is 3.72. The first-order chi connectivity index (χ1) is 9.04. The Kier molecular flexibility index (Phi) is 3.89. The Hall–Kier alpha value is -1.83. The standard InChI is InChI=1S/C11H11ClN4O2S/c12-8-3-1-2-4-9(8)16-19(17,18)11-7-14-6-5-10(11)15-13/h1-7,16H,13H2,(H,14,15). The van der Waals surface area contributed by atoms with Crippen LogP contribution in [-0.2, 0) is 10.0 Å². The summed E-state index contributed by atoms with van der Waals surface area (Å²) in [5.74, 6) is 5.27. The molecule has 1 aromatic heterocycles. The fraction of sp³-hybridized carbons (Fsp3) is 0. The van der Waals surface area contributed by atoms with E-state index in [4.69, 9.17) is 17.4 Å². The number of nitrogens with one attached hydrogen (secondary N) is 2. The van der Waals surface area contributed by atoms with Crippen LogP contribution in [0.2, 0.25) is 5.02 Å². The lowest BCUT2D eigenvalue weighted by atomic mass is 10.3. The van der Waals surface area contributed by atoms with Crippen LogP contribution in [0.15, 0.2) is 47.6 Å². The predicted molar refractivity (Wildman–Crippen MR) is 74.3 cm³/mol. The van der Waals surface area contributed by atoms with Crippen LogP contribution in [0.25, 0.3) is 0 Å². The van der Waals surface area contributed by atoms with E-state index in [1.807, 2.05) is 0 Å². The molecule has 0 aliphatic rings. The highest BCUT2D eigenvalue weighted by molar-refractivity contribution is 7.92. The van der Waals surface area contributed by atoms with Crippen LogP contribution < -0.4 is 16.0 Å². The van der Waals surface area contributed by atoms with Crippen molar-refractivity contribution in [2.24, 2.45) is 5.84 Å². The van der Waals surface area contributed by atoms with E-state index in [0.717, 1.165) is 0 Å². The molecule has 0 unspecified atom stereocenters. The fourth-order valence-corrected chi connectivity index (χ4v) is 2.89. The topological polar surface area (TPSA) is 97.1 Å². The molecule has 0 aliphatic carbocycles. The number of aromatic nitrogens is 1. The number of anilines is 2. The van der Waals surface area contributed by atoms with Crippen molar-refractivity contribution < 1.29 is 8.42 Å². The molecule has 2 rings (SSSR count). The summed E-state index contributed by atoms with van der Waals surface area (Å²) < 4.78 is 26.8. The van der Waals surface area contributed by atoms with E-state index >= 15 is 0 Å². The van der Waals surface area contributed by atoms with Crippen molar-refractivity contribution in [3.63, 3.8) is 0 Å². The van der Waals surface area contributed by atoms with Crippen molar-refractivity contribution in [2.45, 2.75) is 4.90 Å². The molecule has 0 aliphatic heterocycles. The van der Waals surface area contributed by atoms with Crippen molar-refractivity contribution >= 4 is 33.0 Å². The molecule has 0 saturated heterocycles. The molecule has 0 saturated carbocycles. The van der Waals surface area contributed by atoms with Gasteiger partial charge >= 0.3 is 0 Å². The molecule has 8 heteroatoms. The zero-order chi connectivity index (χ0) is 13.9. The van der Waals surface area contributed by atoms with Crippen LogP contribution in [0.3, 0.4) is 0 Å². The average Bonchev–Trinajstić information content (AvgIpc) is 2.41. The summed E-state index contributed by atoms with van der Waals surface area (Å²) in [6.45, 7) is 0. The summed E-state index contributed by atoms with van der Waals surface area (Å²) in [6.07, 6.45) is 2.64. The maximum absolute atomic E-state index is 12.2. The smallest absolute Gasteiger partial charge is 0.265 e. The minimum atomic E-state index is -3.82. The number of sulfonamides is 1. The van der Waals surface area contributed by atoms with Gasteiger partial charge in [0.25, 0.3) is 10.0 Å². The van der Waals surface area contributed by atoms with Gasteiger partial charge in [0.1, 0.15) is 4.90 Å². The Balaban J connectivity index is 2.41. The lowest BCUT2D eigenvalue weighted by Crippen LogP contribution is -2.18. The third-order valence-electron chi connectivity index (χ3n) is 2.35. The molecule has 0 atom stereocenters. The Morgan fingerprint density at radius 3 is 2.58 bits per heavy atom. The van der Waals surface area contributed by atoms with Gasteiger partial charge in [-0.3, -0.25) is 15.5 Å². The van der Waals surface area contributed by atoms with Crippen LogP contribution in [0.5, 0.6) is 0 Å². The monoisotopic (exact) mass is 298 g/mol. The summed E-state index contributed by atoms with van der Waals surface area (Å²) in [6, 6.07) is 7.99. The Morgan fingerprint density at radius 2 is 1.89 bits per heavy atom. The normalized spacial score (nSPS) is 11.1. The number of para-hydroxylation sites is 1. The second-order valence-corrected chi connectivity index (χ2v) is 5.66. The van der Waals surface area contributed by atoms with Gasteiger partial charge < -0.3 is 5.43 Å². The van der Waals surface area contributed by atoms with E-state index < -0.39 is 10.0 Å². The SMILES string of the molecule is NNc1ccncc1S(=O)(=O)Nc1ccccc1Cl. The zero-order valence-electron chi connectivity index (χ0n) is 9.67. The average molecular weight is 299 g/mol. The molecule has 0 amide bonds. The summed E-state index contributed by atoms with van der Waals surface area (Å²) in [5.41, 5.74) is 2.84. The number of benzene rings is 1. The molecule has 0 spiro atoms. The van der Waals surface area contributed by atoms with Gasteiger partial charge in [-0.2, -0.15) is 0 Å². The largest absolute Gasteiger partial charge is 0.323 e. The number of nitrogens with zero attached hydrogens (tertiary/aromatic N) is 1. The third kappa shape index (κ3) is 2.95. The van der Waals surface area contributed by atoms with E-state index in [1.165, 1.54) is 18.5 Å². The zero-order valence-corrected chi connectivity index (χ0v) is 11.2. The molecule has 100 valence electrons. The number of pyridine rings is 1. The molecule has 2 aromatic rings. The van der Waals surface area contributed by atoms with Crippen LogP contribution in [0, 0.1) is 0 Å². The minimum Gasteiger partial charge on any atom is -0.323 e. The number of halogens is 1. The van der Waals surface area contributed by atoms with E-state index in [0.29, 0.717) is 5.02 Å². The Bertz CT molecular complexity index is 691. The molecule has 6 nitrogen and oxygen atoms in total. The van der Waals surface area contributed by atoms with Crippen molar-refractivity contribution in [3.8, 4) is 0 Å². The summed E-state index contributed by atoms with van der Waals surface area (Å²) in [7, 11) is -3.82. The van der Waals surface area contributed by atoms with Gasteiger partial charge in [0.15, 0.2) is 0 Å². The van der Waals surface area contributed by atoms with Gasteiger partial charge in [-0.25, -0.2) is 8.42 Å². The molecule has 19 heavy (non-hydrogen) atoms. The molecule has 0 bridgehead atoms. The third-order valence-corrected chi connectivity index (χ3v) is 4.07. The quantitative estimate of drug-likeness (QED) is 0.591. The molecular weight excluding hydrogens is 288 g/mol. The number of hydrazine groups is 1. The maximum Gasteiger partial charge on any atom is 0.265 e. The van der Waals surface area contributed by atoms with Crippen molar-refractivity contribution in [3.05, 3.63) is 47.7 Å². The first-order valence-corrected chi connectivity index (χ1v) is 7.08. The van der Waals surface area contributed by atoms with Gasteiger partial charge in [0.05, 0.1) is 16.4 Å². The first kappa shape index (κ1) is 13.6. The molecule has 4 N–H and O–H groups in total. The Labute approximate surface area is 115 Å². The van der Waals surface area contributed by atoms with Gasteiger partial charge in [-0.15, -0.1) is 0 Å². The lowest BCUT2D eigenvalue weighted by molar-refractivity contribution is 0.601. The van der Waals surface area contributed by atoms with Crippen molar-refractivity contribution in [1.82, 2.24) is 4.98 Å². The summed E-state index contributed by atoms with van der Waals surface area (Å²) >= 11 is 5.91. The number of nitrogen functional groups attached to an aromatic ring is 1. The van der Waals surface area contributed by atoms with Crippen LogP contribution in [-0.4, -0.2) is 13.4 Å². The number of rotatable bonds is 4. The number of nitrogens with two attached hydrogens (primary N) is 1. The van der Waals surface area contributed by atoms with E-state index in [-0.39, 0.29) is 16.3 Å². The maximum atomic E-state index is 12.2. The van der Waals surface area contributed by atoms with Crippen LogP contribution in [0.1, 0.15) is 0 Å².